The maximum Gasteiger partial charge on any atom is 0.311 e. The van der Waals surface area contributed by atoms with Crippen molar-refractivity contribution in [2.24, 2.45) is 0 Å². The first-order chi connectivity index (χ1) is 13.0. The lowest BCUT2D eigenvalue weighted by Gasteiger charge is -2.15. The number of carbonyl (C=O) groups is 1. The highest BCUT2D eigenvalue weighted by Gasteiger charge is 2.21. The predicted octanol–water partition coefficient (Wildman–Crippen LogP) is 3.80. The molecular formula is C19H20ClN3O4. The minimum atomic E-state index is -0.492. The lowest BCUT2D eigenvalue weighted by molar-refractivity contribution is -0.385. The Kier molecular flexibility index (Phi) is 6.26. The van der Waals surface area contributed by atoms with Crippen molar-refractivity contribution < 1.29 is 14.5 Å². The van der Waals surface area contributed by atoms with Crippen molar-refractivity contribution in [1.29, 1.82) is 0 Å². The fourth-order valence-electron chi connectivity index (χ4n) is 2.92. The monoisotopic (exact) mass is 389 g/mol. The summed E-state index contributed by atoms with van der Waals surface area (Å²) in [5.41, 5.74) is 0.546. The standard InChI is InChI=1S/C19H20ClN3O4/c20-14-5-1-2-7-17(14)27-18-9-8-13(11-16(18)23(25)26)12-22-15-6-3-4-10-21-19(15)24/h1-2,5,7-9,11,15,22H,3-4,6,10,12H2,(H,21,24). The molecule has 8 heteroatoms. The molecule has 1 saturated heterocycles. The van der Waals surface area contributed by atoms with E-state index in [0.29, 0.717) is 29.4 Å². The molecule has 3 rings (SSSR count). The molecule has 1 atom stereocenters. The Labute approximate surface area is 161 Å². The molecule has 0 saturated carbocycles. The average molecular weight is 390 g/mol. The SMILES string of the molecule is O=C1NCCCCC1NCc1ccc(Oc2ccccc2Cl)c([N+](=O)[O-])c1. The largest absolute Gasteiger partial charge is 0.449 e. The lowest BCUT2D eigenvalue weighted by atomic mass is 10.1. The molecule has 0 spiro atoms. The Morgan fingerprint density at radius 3 is 2.81 bits per heavy atom. The zero-order chi connectivity index (χ0) is 19.2. The summed E-state index contributed by atoms with van der Waals surface area (Å²) in [5.74, 6) is 0.438. The molecule has 2 aromatic rings. The first kappa shape index (κ1) is 19.1. The molecule has 0 radical (unpaired) electrons. The number of para-hydroxylation sites is 1. The number of hydrogen-bond donors (Lipinski definition) is 2. The van der Waals surface area contributed by atoms with Crippen LogP contribution in [0.3, 0.4) is 0 Å². The fourth-order valence-corrected chi connectivity index (χ4v) is 3.10. The van der Waals surface area contributed by atoms with Crippen LogP contribution in [0.15, 0.2) is 42.5 Å². The summed E-state index contributed by atoms with van der Waals surface area (Å²) in [5, 5.41) is 17.9. The highest BCUT2D eigenvalue weighted by atomic mass is 35.5. The van der Waals surface area contributed by atoms with Gasteiger partial charge in [0.25, 0.3) is 0 Å². The zero-order valence-electron chi connectivity index (χ0n) is 14.6. The van der Waals surface area contributed by atoms with Gasteiger partial charge in [0, 0.05) is 19.2 Å². The van der Waals surface area contributed by atoms with Gasteiger partial charge in [-0.1, -0.05) is 29.8 Å². The van der Waals surface area contributed by atoms with E-state index in [4.69, 9.17) is 16.3 Å². The molecule has 1 heterocycles. The number of hydrogen-bond acceptors (Lipinski definition) is 5. The Morgan fingerprint density at radius 1 is 1.22 bits per heavy atom. The van der Waals surface area contributed by atoms with Gasteiger partial charge in [0.2, 0.25) is 11.7 Å². The third-order valence-electron chi connectivity index (χ3n) is 4.36. The number of nitrogens with zero attached hydrogens (tertiary/aromatic N) is 1. The van der Waals surface area contributed by atoms with Gasteiger partial charge in [-0.3, -0.25) is 14.9 Å². The van der Waals surface area contributed by atoms with Crippen LogP contribution >= 0.6 is 11.6 Å². The van der Waals surface area contributed by atoms with E-state index in [1.807, 2.05) is 0 Å². The van der Waals surface area contributed by atoms with Crippen LogP contribution in [0.1, 0.15) is 24.8 Å². The van der Waals surface area contributed by atoms with E-state index in [9.17, 15) is 14.9 Å². The predicted molar refractivity (Wildman–Crippen MR) is 102 cm³/mol. The lowest BCUT2D eigenvalue weighted by Crippen LogP contribution is -2.42. The smallest absolute Gasteiger partial charge is 0.311 e. The van der Waals surface area contributed by atoms with E-state index in [0.717, 1.165) is 19.3 Å². The maximum absolute atomic E-state index is 12.0. The van der Waals surface area contributed by atoms with Crippen molar-refractivity contribution in [3.05, 3.63) is 63.2 Å². The van der Waals surface area contributed by atoms with Crippen molar-refractivity contribution >= 4 is 23.2 Å². The summed E-state index contributed by atoms with van der Waals surface area (Å²) in [6.07, 6.45) is 2.67. The summed E-state index contributed by atoms with van der Waals surface area (Å²) >= 11 is 6.06. The van der Waals surface area contributed by atoms with Crippen LogP contribution in [0, 0.1) is 10.1 Å². The van der Waals surface area contributed by atoms with Gasteiger partial charge >= 0.3 is 5.69 Å². The van der Waals surface area contributed by atoms with Crippen LogP contribution in [0.5, 0.6) is 11.5 Å². The number of amides is 1. The number of rotatable bonds is 6. The van der Waals surface area contributed by atoms with Crippen LogP contribution in [-0.4, -0.2) is 23.4 Å². The zero-order valence-corrected chi connectivity index (χ0v) is 15.4. The molecule has 7 nitrogen and oxygen atoms in total. The highest BCUT2D eigenvalue weighted by Crippen LogP contribution is 2.35. The molecule has 2 aromatic carbocycles. The summed E-state index contributed by atoms with van der Waals surface area (Å²) in [4.78, 5) is 23.0. The molecule has 0 aromatic heterocycles. The van der Waals surface area contributed by atoms with Crippen LogP contribution in [0.25, 0.3) is 0 Å². The van der Waals surface area contributed by atoms with Gasteiger partial charge in [-0.2, -0.15) is 0 Å². The number of nitro benzene ring substituents is 1. The van der Waals surface area contributed by atoms with Gasteiger partial charge in [-0.15, -0.1) is 0 Å². The molecule has 2 N–H and O–H groups in total. The van der Waals surface area contributed by atoms with Crippen LogP contribution in [0.2, 0.25) is 5.02 Å². The Balaban J connectivity index is 1.74. The third kappa shape index (κ3) is 4.96. The van der Waals surface area contributed by atoms with Gasteiger partial charge in [0.1, 0.15) is 5.75 Å². The molecule has 0 aliphatic carbocycles. The molecule has 142 valence electrons. The van der Waals surface area contributed by atoms with E-state index in [1.165, 1.54) is 6.07 Å². The average Bonchev–Trinajstić information content (AvgIpc) is 2.86. The second kappa shape index (κ2) is 8.83. The number of nitrogens with one attached hydrogen (secondary N) is 2. The topological polar surface area (TPSA) is 93.5 Å². The van der Waals surface area contributed by atoms with Crippen LogP contribution < -0.4 is 15.4 Å². The van der Waals surface area contributed by atoms with E-state index in [-0.39, 0.29) is 23.4 Å². The van der Waals surface area contributed by atoms with E-state index >= 15 is 0 Å². The van der Waals surface area contributed by atoms with Crippen molar-refractivity contribution in [3.63, 3.8) is 0 Å². The van der Waals surface area contributed by atoms with E-state index in [2.05, 4.69) is 10.6 Å². The molecule has 1 aliphatic heterocycles. The normalized spacial score (nSPS) is 17.1. The number of halogens is 1. The molecule has 1 fully saturated rings. The minimum Gasteiger partial charge on any atom is -0.449 e. The third-order valence-corrected chi connectivity index (χ3v) is 4.68. The van der Waals surface area contributed by atoms with Crippen molar-refractivity contribution in [3.8, 4) is 11.5 Å². The number of benzene rings is 2. The first-order valence-corrected chi connectivity index (χ1v) is 9.13. The van der Waals surface area contributed by atoms with Gasteiger partial charge < -0.3 is 15.4 Å². The van der Waals surface area contributed by atoms with Gasteiger partial charge in [-0.05, 0) is 43.0 Å². The minimum absolute atomic E-state index is 0.0272. The Morgan fingerprint density at radius 2 is 2.04 bits per heavy atom. The maximum atomic E-state index is 12.0. The van der Waals surface area contributed by atoms with Gasteiger partial charge in [0.05, 0.1) is 16.0 Å². The molecule has 1 amide bonds. The number of ether oxygens (including phenoxy) is 1. The van der Waals surface area contributed by atoms with Gasteiger partial charge in [0.15, 0.2) is 0 Å². The number of carbonyl (C=O) groups excluding carboxylic acids is 1. The van der Waals surface area contributed by atoms with Crippen LogP contribution in [-0.2, 0) is 11.3 Å². The fraction of sp³-hybridized carbons (Fsp3) is 0.316. The quantitative estimate of drug-likeness (QED) is 0.579. The second-order valence-corrected chi connectivity index (χ2v) is 6.72. The van der Waals surface area contributed by atoms with Gasteiger partial charge in [-0.25, -0.2) is 0 Å². The Hall–Kier alpha value is -2.64. The molecular weight excluding hydrogens is 370 g/mol. The number of nitro groups is 1. The molecule has 1 unspecified atom stereocenters. The first-order valence-electron chi connectivity index (χ1n) is 8.75. The van der Waals surface area contributed by atoms with Crippen molar-refractivity contribution in [1.82, 2.24) is 10.6 Å². The summed E-state index contributed by atoms with van der Waals surface area (Å²) in [7, 11) is 0. The summed E-state index contributed by atoms with van der Waals surface area (Å²) in [6.45, 7) is 1.04. The van der Waals surface area contributed by atoms with Crippen LogP contribution in [0.4, 0.5) is 5.69 Å². The Bertz CT molecular complexity index is 843. The van der Waals surface area contributed by atoms with E-state index in [1.54, 1.807) is 36.4 Å². The van der Waals surface area contributed by atoms with E-state index < -0.39 is 4.92 Å². The summed E-state index contributed by atoms with van der Waals surface area (Å²) < 4.78 is 5.63. The molecule has 27 heavy (non-hydrogen) atoms. The van der Waals surface area contributed by atoms with Crippen molar-refractivity contribution in [2.45, 2.75) is 31.8 Å². The molecule has 0 bridgehead atoms. The summed E-state index contributed by atoms with van der Waals surface area (Å²) in [6, 6.07) is 11.2. The second-order valence-electron chi connectivity index (χ2n) is 6.31. The van der Waals surface area contributed by atoms with Crippen molar-refractivity contribution in [2.75, 3.05) is 6.54 Å². The highest BCUT2D eigenvalue weighted by molar-refractivity contribution is 6.32. The molecule has 1 aliphatic rings.